The summed E-state index contributed by atoms with van der Waals surface area (Å²) in [5, 5.41) is 0. The lowest BCUT2D eigenvalue weighted by molar-refractivity contribution is 0.174. The average molecular weight is 366 g/mol. The molecule has 0 radical (unpaired) electrons. The highest BCUT2D eigenvalue weighted by atomic mass is 16.7. The van der Waals surface area contributed by atoms with Crippen molar-refractivity contribution in [3.63, 3.8) is 0 Å². The van der Waals surface area contributed by atoms with Crippen LogP contribution in [0.2, 0.25) is 0 Å². The van der Waals surface area contributed by atoms with Gasteiger partial charge in [-0.1, -0.05) is 6.07 Å². The Balaban J connectivity index is 1.67. The Morgan fingerprint density at radius 3 is 2.41 bits per heavy atom. The second-order valence-corrected chi connectivity index (χ2v) is 6.54. The maximum Gasteiger partial charge on any atom is 0.231 e. The van der Waals surface area contributed by atoms with E-state index in [1.54, 1.807) is 14.2 Å². The number of ether oxygens (including phenoxy) is 4. The molecule has 0 N–H and O–H groups in total. The van der Waals surface area contributed by atoms with Crippen LogP contribution in [0.5, 0.6) is 23.0 Å². The molecule has 27 heavy (non-hydrogen) atoms. The van der Waals surface area contributed by atoms with Crippen molar-refractivity contribution >= 4 is 0 Å². The van der Waals surface area contributed by atoms with Crippen LogP contribution in [0.15, 0.2) is 40.8 Å². The summed E-state index contributed by atoms with van der Waals surface area (Å²) in [6.07, 6.45) is 0.691. The standard InChI is InChI=1S/C22H22O5/c1-13-14(2)22(16-6-8-17(23-3)20(11-16)24-4)27-19(13)9-15-5-7-18-21(10-15)26-12-25-18/h5-8,10-11H,9,12H2,1-4H3. The van der Waals surface area contributed by atoms with Gasteiger partial charge in [0.25, 0.3) is 0 Å². The third kappa shape index (κ3) is 3.10. The molecule has 1 aliphatic rings. The highest BCUT2D eigenvalue weighted by Gasteiger charge is 2.19. The summed E-state index contributed by atoms with van der Waals surface area (Å²) < 4.78 is 27.9. The number of methoxy groups -OCH3 is 2. The van der Waals surface area contributed by atoms with Gasteiger partial charge in [0.05, 0.1) is 14.2 Å². The zero-order valence-corrected chi connectivity index (χ0v) is 15.9. The van der Waals surface area contributed by atoms with Gasteiger partial charge < -0.3 is 23.4 Å². The van der Waals surface area contributed by atoms with Crippen molar-refractivity contribution < 1.29 is 23.4 Å². The van der Waals surface area contributed by atoms with E-state index in [4.69, 9.17) is 23.4 Å². The maximum atomic E-state index is 6.26. The molecule has 0 saturated carbocycles. The quantitative estimate of drug-likeness (QED) is 0.643. The summed E-state index contributed by atoms with van der Waals surface area (Å²) >= 11 is 0. The predicted molar refractivity (Wildman–Crippen MR) is 102 cm³/mol. The molecule has 0 fully saturated rings. The van der Waals surface area contributed by atoms with E-state index in [2.05, 4.69) is 13.8 Å². The van der Waals surface area contributed by atoms with Gasteiger partial charge in [0.2, 0.25) is 6.79 Å². The number of benzene rings is 2. The maximum absolute atomic E-state index is 6.26. The van der Waals surface area contributed by atoms with Crippen LogP contribution in [0.3, 0.4) is 0 Å². The molecule has 1 aliphatic heterocycles. The fourth-order valence-corrected chi connectivity index (χ4v) is 3.31. The van der Waals surface area contributed by atoms with Gasteiger partial charge in [-0.05, 0) is 60.9 Å². The van der Waals surface area contributed by atoms with E-state index in [1.165, 1.54) is 0 Å². The van der Waals surface area contributed by atoms with E-state index in [9.17, 15) is 0 Å². The van der Waals surface area contributed by atoms with E-state index in [1.807, 2.05) is 36.4 Å². The van der Waals surface area contributed by atoms with Crippen molar-refractivity contribution in [1.82, 2.24) is 0 Å². The molecule has 2 heterocycles. The normalized spacial score (nSPS) is 12.3. The lowest BCUT2D eigenvalue weighted by atomic mass is 10.0. The van der Waals surface area contributed by atoms with Gasteiger partial charge in [-0.25, -0.2) is 0 Å². The first kappa shape index (κ1) is 17.3. The number of hydrogen-bond acceptors (Lipinski definition) is 5. The first-order valence-corrected chi connectivity index (χ1v) is 8.80. The van der Waals surface area contributed by atoms with Crippen LogP contribution in [0.4, 0.5) is 0 Å². The summed E-state index contributed by atoms with van der Waals surface area (Å²) in [7, 11) is 3.26. The van der Waals surface area contributed by atoms with Crippen LogP contribution in [0, 0.1) is 13.8 Å². The van der Waals surface area contributed by atoms with Crippen LogP contribution in [-0.4, -0.2) is 21.0 Å². The molecule has 0 spiro atoms. The lowest BCUT2D eigenvalue weighted by Gasteiger charge is -2.09. The largest absolute Gasteiger partial charge is 0.493 e. The Morgan fingerprint density at radius 2 is 1.63 bits per heavy atom. The highest BCUT2D eigenvalue weighted by Crippen LogP contribution is 2.38. The van der Waals surface area contributed by atoms with E-state index < -0.39 is 0 Å². The molecule has 5 heteroatoms. The molecule has 1 aromatic heterocycles. The SMILES string of the molecule is COc1ccc(-c2oc(Cc3ccc4c(c3)OCO4)c(C)c2C)cc1OC. The number of furan rings is 1. The smallest absolute Gasteiger partial charge is 0.231 e. The molecule has 4 rings (SSSR count). The topological polar surface area (TPSA) is 50.1 Å². The first-order valence-electron chi connectivity index (χ1n) is 8.80. The average Bonchev–Trinajstić information content (AvgIpc) is 3.27. The molecule has 5 nitrogen and oxygen atoms in total. The third-order valence-electron chi connectivity index (χ3n) is 4.99. The monoisotopic (exact) mass is 366 g/mol. The van der Waals surface area contributed by atoms with Crippen LogP contribution < -0.4 is 18.9 Å². The molecular formula is C22H22O5. The van der Waals surface area contributed by atoms with Gasteiger partial charge in [0, 0.05) is 12.0 Å². The van der Waals surface area contributed by atoms with Crippen LogP contribution in [0.1, 0.15) is 22.5 Å². The Kier molecular flexibility index (Phi) is 4.44. The van der Waals surface area contributed by atoms with Crippen LogP contribution in [-0.2, 0) is 6.42 Å². The molecule has 3 aromatic rings. The Bertz CT molecular complexity index is 987. The van der Waals surface area contributed by atoms with Gasteiger partial charge >= 0.3 is 0 Å². The first-order chi connectivity index (χ1) is 13.1. The van der Waals surface area contributed by atoms with Crippen molar-refractivity contribution in [2.45, 2.75) is 20.3 Å². The molecule has 0 aliphatic carbocycles. The van der Waals surface area contributed by atoms with Crippen molar-refractivity contribution in [3.05, 3.63) is 58.8 Å². The molecular weight excluding hydrogens is 344 g/mol. The summed E-state index contributed by atoms with van der Waals surface area (Å²) in [6, 6.07) is 11.8. The predicted octanol–water partition coefficient (Wildman–Crippen LogP) is 4.90. The van der Waals surface area contributed by atoms with Gasteiger partial charge in [-0.3, -0.25) is 0 Å². The Morgan fingerprint density at radius 1 is 0.852 bits per heavy atom. The van der Waals surface area contributed by atoms with Crippen molar-refractivity contribution in [3.8, 4) is 34.3 Å². The Hall–Kier alpha value is -3.08. The summed E-state index contributed by atoms with van der Waals surface area (Å²) in [4.78, 5) is 0. The van der Waals surface area contributed by atoms with Gasteiger partial charge in [-0.2, -0.15) is 0 Å². The second kappa shape index (κ2) is 6.91. The van der Waals surface area contributed by atoms with Crippen molar-refractivity contribution in [1.29, 1.82) is 0 Å². The van der Waals surface area contributed by atoms with Crippen molar-refractivity contribution in [2.75, 3.05) is 21.0 Å². The molecule has 0 amide bonds. The zero-order valence-electron chi connectivity index (χ0n) is 15.9. The summed E-state index contributed by atoms with van der Waals surface area (Å²) in [6.45, 7) is 4.44. The number of rotatable bonds is 5. The Labute approximate surface area is 158 Å². The fourth-order valence-electron chi connectivity index (χ4n) is 3.31. The molecule has 0 bridgehead atoms. The minimum atomic E-state index is 0.279. The molecule has 0 unspecified atom stereocenters. The summed E-state index contributed by atoms with van der Waals surface area (Å²) in [5.41, 5.74) is 4.36. The molecule has 0 saturated heterocycles. The molecule has 2 aromatic carbocycles. The fraction of sp³-hybridized carbons (Fsp3) is 0.273. The van der Waals surface area contributed by atoms with Crippen molar-refractivity contribution in [2.24, 2.45) is 0 Å². The third-order valence-corrected chi connectivity index (χ3v) is 4.99. The van der Waals surface area contributed by atoms with E-state index in [0.29, 0.717) is 17.9 Å². The summed E-state index contributed by atoms with van der Waals surface area (Å²) in [5.74, 6) is 4.74. The second-order valence-electron chi connectivity index (χ2n) is 6.54. The number of fused-ring (bicyclic) bond motifs is 1. The number of hydrogen-bond donors (Lipinski definition) is 0. The lowest BCUT2D eigenvalue weighted by Crippen LogP contribution is -1.93. The van der Waals surface area contributed by atoms with E-state index >= 15 is 0 Å². The minimum Gasteiger partial charge on any atom is -0.493 e. The molecule has 140 valence electrons. The van der Waals surface area contributed by atoms with Crippen LogP contribution in [0.25, 0.3) is 11.3 Å². The van der Waals surface area contributed by atoms with E-state index in [-0.39, 0.29) is 6.79 Å². The molecule has 0 atom stereocenters. The zero-order chi connectivity index (χ0) is 19.0. The van der Waals surface area contributed by atoms with Crippen LogP contribution >= 0.6 is 0 Å². The highest BCUT2D eigenvalue weighted by molar-refractivity contribution is 5.67. The van der Waals surface area contributed by atoms with Gasteiger partial charge in [0.15, 0.2) is 23.0 Å². The van der Waals surface area contributed by atoms with Gasteiger partial charge in [0.1, 0.15) is 11.5 Å². The van der Waals surface area contributed by atoms with Gasteiger partial charge in [-0.15, -0.1) is 0 Å². The minimum absolute atomic E-state index is 0.279. The van der Waals surface area contributed by atoms with E-state index in [0.717, 1.165) is 45.3 Å².